The molecule has 1 amide bonds. The Labute approximate surface area is 178 Å². The Balaban J connectivity index is 1.87. The van der Waals surface area contributed by atoms with E-state index in [1.54, 1.807) is 36.5 Å². The van der Waals surface area contributed by atoms with Crippen molar-refractivity contribution in [3.63, 3.8) is 0 Å². The first-order valence-corrected chi connectivity index (χ1v) is 10.7. The van der Waals surface area contributed by atoms with E-state index in [4.69, 9.17) is 10.5 Å². The first-order valence-electron chi connectivity index (χ1n) is 9.19. The zero-order valence-electron chi connectivity index (χ0n) is 16.4. The molecule has 0 fully saturated rings. The molecule has 0 unspecified atom stereocenters. The van der Waals surface area contributed by atoms with Gasteiger partial charge in [0.25, 0.3) is 15.9 Å². The van der Waals surface area contributed by atoms with Crippen LogP contribution in [-0.4, -0.2) is 31.4 Å². The van der Waals surface area contributed by atoms with E-state index >= 15 is 0 Å². The number of hydrogen-bond donors (Lipinski definition) is 2. The normalized spacial score (nSPS) is 11.3. The molecule has 156 valence electrons. The first kappa shape index (κ1) is 20.3. The van der Waals surface area contributed by atoms with Gasteiger partial charge in [-0.1, -0.05) is 24.3 Å². The van der Waals surface area contributed by atoms with Crippen LogP contribution in [0.3, 0.4) is 0 Å². The summed E-state index contributed by atoms with van der Waals surface area (Å²) in [6.07, 6.45) is 3.13. The van der Waals surface area contributed by atoms with Gasteiger partial charge in [-0.15, -0.1) is 0 Å². The van der Waals surface area contributed by atoms with Crippen molar-refractivity contribution in [3.8, 4) is 16.9 Å². The van der Waals surface area contributed by atoms with E-state index < -0.39 is 15.9 Å². The monoisotopic (exact) mass is 434 g/mol. The highest BCUT2D eigenvalue weighted by Gasteiger charge is 2.21. The Kier molecular flexibility index (Phi) is 5.26. The zero-order valence-corrected chi connectivity index (χ0v) is 17.3. The number of amides is 1. The predicted octanol–water partition coefficient (Wildman–Crippen LogP) is 3.21. The van der Waals surface area contributed by atoms with Gasteiger partial charge < -0.3 is 10.5 Å². The highest BCUT2D eigenvalue weighted by atomic mass is 32.2. The fourth-order valence-electron chi connectivity index (χ4n) is 3.24. The van der Waals surface area contributed by atoms with E-state index in [2.05, 4.69) is 14.7 Å². The number of rotatable bonds is 6. The minimum absolute atomic E-state index is 0.0416. The highest BCUT2D eigenvalue weighted by Crippen LogP contribution is 2.36. The van der Waals surface area contributed by atoms with Crippen molar-refractivity contribution in [2.45, 2.75) is 4.90 Å². The maximum absolute atomic E-state index is 12.9. The largest absolute Gasteiger partial charge is 0.494 e. The van der Waals surface area contributed by atoms with E-state index in [-0.39, 0.29) is 21.9 Å². The maximum Gasteiger partial charge on any atom is 0.262 e. The molecule has 0 saturated heterocycles. The van der Waals surface area contributed by atoms with Gasteiger partial charge in [0.15, 0.2) is 5.75 Å². The van der Waals surface area contributed by atoms with Gasteiger partial charge in [0.1, 0.15) is 6.33 Å². The van der Waals surface area contributed by atoms with Crippen LogP contribution in [0.5, 0.6) is 5.75 Å². The van der Waals surface area contributed by atoms with Crippen LogP contribution in [0.15, 0.2) is 78.1 Å². The zero-order chi connectivity index (χ0) is 22.0. The maximum atomic E-state index is 12.9. The molecule has 0 saturated carbocycles. The number of nitrogens with two attached hydrogens (primary N) is 1. The van der Waals surface area contributed by atoms with Crippen molar-refractivity contribution in [2.24, 2.45) is 5.73 Å². The number of aromatic nitrogens is 2. The molecule has 0 aliphatic carbocycles. The van der Waals surface area contributed by atoms with Crippen LogP contribution in [0.2, 0.25) is 0 Å². The van der Waals surface area contributed by atoms with E-state index in [1.165, 1.54) is 25.6 Å². The van der Waals surface area contributed by atoms with Crippen molar-refractivity contribution in [1.82, 2.24) is 9.97 Å². The molecule has 0 aliphatic rings. The standard InChI is InChI=1S/C22H18N4O4S/c1-30-21-18(22(23)27)10-15(14-7-8-19-16(9-14)12-24-13-25-19)11-20(21)26-31(28,29)17-5-3-2-4-6-17/h2-13,26H,1H3,(H2,23,27). The number of carbonyl (C=O) groups excluding carboxylic acids is 1. The third-order valence-corrected chi connectivity index (χ3v) is 6.08. The highest BCUT2D eigenvalue weighted by molar-refractivity contribution is 7.92. The van der Waals surface area contributed by atoms with Crippen molar-refractivity contribution >= 4 is 32.5 Å². The first-order chi connectivity index (χ1) is 14.9. The summed E-state index contributed by atoms with van der Waals surface area (Å²) in [5, 5.41) is 0.794. The van der Waals surface area contributed by atoms with Crippen molar-refractivity contribution in [1.29, 1.82) is 0 Å². The summed E-state index contributed by atoms with van der Waals surface area (Å²) in [4.78, 5) is 20.4. The lowest BCUT2D eigenvalue weighted by Gasteiger charge is -2.16. The average Bonchev–Trinajstić information content (AvgIpc) is 2.78. The second-order valence-corrected chi connectivity index (χ2v) is 8.37. The molecule has 0 bridgehead atoms. The number of sulfonamides is 1. The number of primary amides is 1. The number of nitrogens with zero attached hydrogens (tertiary/aromatic N) is 2. The van der Waals surface area contributed by atoms with Crippen LogP contribution < -0.4 is 15.2 Å². The third kappa shape index (κ3) is 4.03. The van der Waals surface area contributed by atoms with E-state index in [0.29, 0.717) is 5.56 Å². The number of methoxy groups -OCH3 is 1. The fraction of sp³-hybridized carbons (Fsp3) is 0.0455. The lowest BCUT2D eigenvalue weighted by molar-refractivity contribution is 0.0997. The molecule has 0 radical (unpaired) electrons. The van der Waals surface area contributed by atoms with Crippen molar-refractivity contribution in [2.75, 3.05) is 11.8 Å². The summed E-state index contributed by atoms with van der Waals surface area (Å²) < 4.78 is 33.6. The van der Waals surface area contributed by atoms with Crippen LogP contribution in [0.25, 0.3) is 22.0 Å². The van der Waals surface area contributed by atoms with Gasteiger partial charge in [-0.2, -0.15) is 0 Å². The Morgan fingerprint density at radius 2 is 1.81 bits per heavy atom. The number of benzene rings is 3. The second kappa shape index (κ2) is 8.04. The van der Waals surface area contributed by atoms with Crippen LogP contribution >= 0.6 is 0 Å². The molecule has 0 aliphatic heterocycles. The molecule has 9 heteroatoms. The second-order valence-electron chi connectivity index (χ2n) is 6.68. The van der Waals surface area contributed by atoms with Gasteiger partial charge in [0.2, 0.25) is 0 Å². The number of nitrogens with one attached hydrogen (secondary N) is 1. The summed E-state index contributed by atoms with van der Waals surface area (Å²) in [5.41, 5.74) is 7.77. The summed E-state index contributed by atoms with van der Waals surface area (Å²) in [6.45, 7) is 0. The Morgan fingerprint density at radius 3 is 2.52 bits per heavy atom. The smallest absolute Gasteiger partial charge is 0.262 e. The van der Waals surface area contributed by atoms with Crippen molar-refractivity contribution < 1.29 is 17.9 Å². The van der Waals surface area contributed by atoms with E-state index in [9.17, 15) is 13.2 Å². The predicted molar refractivity (Wildman–Crippen MR) is 117 cm³/mol. The number of hydrogen-bond acceptors (Lipinski definition) is 6. The van der Waals surface area contributed by atoms with E-state index in [1.807, 2.05) is 18.2 Å². The Morgan fingerprint density at radius 1 is 1.03 bits per heavy atom. The number of carbonyl (C=O) groups is 1. The summed E-state index contributed by atoms with van der Waals surface area (Å²) in [6, 6.07) is 16.5. The quantitative estimate of drug-likeness (QED) is 0.480. The number of anilines is 1. The van der Waals surface area contributed by atoms with Crippen molar-refractivity contribution in [3.05, 3.63) is 78.8 Å². The SMILES string of the molecule is COc1c(NS(=O)(=O)c2ccccc2)cc(-c2ccc3ncncc3c2)cc1C(N)=O. The topological polar surface area (TPSA) is 124 Å². The summed E-state index contributed by atoms with van der Waals surface area (Å²) in [5.74, 6) is -0.706. The van der Waals surface area contributed by atoms with Gasteiger partial charge in [0.05, 0.1) is 28.8 Å². The molecule has 4 aromatic rings. The minimum atomic E-state index is -3.92. The van der Waals surface area contributed by atoms with Gasteiger partial charge >= 0.3 is 0 Å². The molecule has 3 N–H and O–H groups in total. The average molecular weight is 434 g/mol. The summed E-state index contributed by atoms with van der Waals surface area (Å²) >= 11 is 0. The lowest BCUT2D eigenvalue weighted by Crippen LogP contribution is -2.17. The third-order valence-electron chi connectivity index (χ3n) is 4.69. The number of fused-ring (bicyclic) bond motifs is 1. The van der Waals surface area contributed by atoms with Crippen LogP contribution in [0, 0.1) is 0 Å². The van der Waals surface area contributed by atoms with Crippen LogP contribution in [0.1, 0.15) is 10.4 Å². The van der Waals surface area contributed by atoms with Gasteiger partial charge in [0, 0.05) is 11.6 Å². The summed E-state index contributed by atoms with van der Waals surface area (Å²) in [7, 11) is -2.58. The van der Waals surface area contributed by atoms with Gasteiger partial charge in [-0.25, -0.2) is 18.4 Å². The molecule has 1 aromatic heterocycles. The molecular weight excluding hydrogens is 416 g/mol. The van der Waals surface area contributed by atoms with Crippen LogP contribution in [-0.2, 0) is 10.0 Å². The van der Waals surface area contributed by atoms with Gasteiger partial charge in [-0.3, -0.25) is 9.52 Å². The molecule has 3 aromatic carbocycles. The number of ether oxygens (including phenoxy) is 1. The Hall–Kier alpha value is -3.98. The molecule has 0 atom stereocenters. The molecule has 31 heavy (non-hydrogen) atoms. The Bertz CT molecular complexity index is 1390. The van der Waals surface area contributed by atoms with Crippen LogP contribution in [0.4, 0.5) is 5.69 Å². The molecule has 1 heterocycles. The minimum Gasteiger partial charge on any atom is -0.494 e. The molecule has 0 spiro atoms. The molecule has 8 nitrogen and oxygen atoms in total. The molecule has 4 rings (SSSR count). The fourth-order valence-corrected chi connectivity index (χ4v) is 4.32. The van der Waals surface area contributed by atoms with Gasteiger partial charge in [-0.05, 0) is 47.5 Å². The van der Waals surface area contributed by atoms with E-state index in [0.717, 1.165) is 16.5 Å². The molecular formula is C22H18N4O4S. The lowest BCUT2D eigenvalue weighted by atomic mass is 9.99.